The van der Waals surface area contributed by atoms with Crippen LogP contribution in [0.2, 0.25) is 0 Å². The monoisotopic (exact) mass is 474 g/mol. The molecule has 1 saturated carbocycles. The molecule has 34 heavy (non-hydrogen) atoms. The van der Waals surface area contributed by atoms with Crippen LogP contribution in [0.3, 0.4) is 0 Å². The van der Waals surface area contributed by atoms with Gasteiger partial charge in [0.05, 0.1) is 0 Å². The van der Waals surface area contributed by atoms with Crippen LogP contribution in [0.25, 0.3) is 0 Å². The molecule has 0 radical (unpaired) electrons. The van der Waals surface area contributed by atoms with E-state index in [4.69, 9.17) is 0 Å². The predicted molar refractivity (Wildman–Crippen MR) is 125 cm³/mol. The lowest BCUT2D eigenvalue weighted by Crippen LogP contribution is -2.50. The number of piperidine rings is 1. The lowest BCUT2D eigenvalue weighted by molar-refractivity contribution is -0.146. The standard InChI is InChI=1S/C27H33F3N2O2/c1-18-2-7-25(32-12-9-21(10-13-32)20-3-5-22(28)6-4-20)8-11-27(18,34)26(33)31-17-19-14-23(29)16-24(30)15-19/h3-6,14-16,18,21,25,34H,2,7-13,17H2,1H3,(H,31,33). The molecule has 1 saturated heterocycles. The van der Waals surface area contributed by atoms with Crippen LogP contribution in [0.4, 0.5) is 13.2 Å². The van der Waals surface area contributed by atoms with E-state index in [2.05, 4.69) is 10.2 Å². The number of hydrogen-bond acceptors (Lipinski definition) is 3. The summed E-state index contributed by atoms with van der Waals surface area (Å²) < 4.78 is 40.1. The molecule has 1 aliphatic heterocycles. The molecule has 1 aliphatic carbocycles. The van der Waals surface area contributed by atoms with Gasteiger partial charge in [0, 0.05) is 18.7 Å². The summed E-state index contributed by atoms with van der Waals surface area (Å²) in [5.41, 5.74) is -0.00931. The van der Waals surface area contributed by atoms with E-state index in [9.17, 15) is 23.1 Å². The zero-order valence-electron chi connectivity index (χ0n) is 19.6. The van der Waals surface area contributed by atoms with Crippen molar-refractivity contribution in [2.24, 2.45) is 5.92 Å². The number of carbonyl (C=O) groups is 1. The molecule has 7 heteroatoms. The highest BCUT2D eigenvalue weighted by Crippen LogP contribution is 2.37. The number of halogens is 3. The summed E-state index contributed by atoms with van der Waals surface area (Å²) in [7, 11) is 0. The van der Waals surface area contributed by atoms with Crippen molar-refractivity contribution in [1.82, 2.24) is 10.2 Å². The van der Waals surface area contributed by atoms with Crippen LogP contribution in [-0.2, 0) is 11.3 Å². The second-order valence-electron chi connectivity index (χ2n) is 9.92. The molecule has 2 aliphatic rings. The SMILES string of the molecule is CC1CCC(N2CCC(c3ccc(F)cc3)CC2)CCC1(O)C(=O)NCc1cc(F)cc(F)c1. The normalized spacial score (nSPS) is 26.7. The fourth-order valence-electron chi connectivity index (χ4n) is 5.54. The van der Waals surface area contributed by atoms with Crippen molar-refractivity contribution < 1.29 is 23.1 Å². The van der Waals surface area contributed by atoms with E-state index >= 15 is 0 Å². The highest BCUT2D eigenvalue weighted by atomic mass is 19.1. The molecule has 3 atom stereocenters. The molecule has 1 heterocycles. The molecule has 2 aromatic rings. The van der Waals surface area contributed by atoms with Crippen LogP contribution in [0.15, 0.2) is 42.5 Å². The molecule has 1 amide bonds. The van der Waals surface area contributed by atoms with Crippen LogP contribution in [-0.4, -0.2) is 40.6 Å². The second kappa shape index (κ2) is 10.5. The minimum atomic E-state index is -1.51. The number of carbonyl (C=O) groups excluding carboxylic acids is 1. The van der Waals surface area contributed by atoms with Crippen LogP contribution in [0.1, 0.15) is 62.5 Å². The van der Waals surface area contributed by atoms with Crippen molar-refractivity contribution in [3.63, 3.8) is 0 Å². The first-order valence-electron chi connectivity index (χ1n) is 12.2. The number of nitrogens with zero attached hydrogens (tertiary/aromatic N) is 1. The van der Waals surface area contributed by atoms with Gasteiger partial charge >= 0.3 is 0 Å². The van der Waals surface area contributed by atoms with Crippen molar-refractivity contribution in [1.29, 1.82) is 0 Å². The Morgan fingerprint density at radius 3 is 2.26 bits per heavy atom. The van der Waals surface area contributed by atoms with Gasteiger partial charge in [-0.25, -0.2) is 13.2 Å². The van der Waals surface area contributed by atoms with Crippen LogP contribution in [0, 0.1) is 23.4 Å². The summed E-state index contributed by atoms with van der Waals surface area (Å²) >= 11 is 0. The summed E-state index contributed by atoms with van der Waals surface area (Å²) in [6.07, 6.45) is 4.71. The zero-order valence-corrected chi connectivity index (χ0v) is 19.6. The minimum Gasteiger partial charge on any atom is -0.380 e. The third kappa shape index (κ3) is 5.63. The summed E-state index contributed by atoms with van der Waals surface area (Å²) in [4.78, 5) is 15.4. The molecule has 2 N–H and O–H groups in total. The fourth-order valence-corrected chi connectivity index (χ4v) is 5.54. The molecule has 4 nitrogen and oxygen atoms in total. The first-order valence-corrected chi connectivity index (χ1v) is 12.2. The van der Waals surface area contributed by atoms with E-state index in [1.807, 2.05) is 19.1 Å². The first kappa shape index (κ1) is 24.7. The molecular weight excluding hydrogens is 441 g/mol. The number of aliphatic hydroxyl groups is 1. The molecule has 184 valence electrons. The molecule has 3 unspecified atom stereocenters. The topological polar surface area (TPSA) is 52.6 Å². The third-order valence-corrected chi connectivity index (χ3v) is 7.76. The molecule has 0 spiro atoms. The molecule has 0 aromatic heterocycles. The Bertz CT molecular complexity index is 972. The summed E-state index contributed by atoms with van der Waals surface area (Å²) in [5, 5.41) is 14.0. The van der Waals surface area contributed by atoms with Gasteiger partial charge in [0.1, 0.15) is 23.1 Å². The number of amides is 1. The Balaban J connectivity index is 1.32. The molecule has 2 fully saturated rings. The average molecular weight is 475 g/mol. The predicted octanol–water partition coefficient (Wildman–Crippen LogP) is 4.91. The molecule has 4 rings (SSSR count). The highest BCUT2D eigenvalue weighted by molar-refractivity contribution is 5.85. The van der Waals surface area contributed by atoms with Gasteiger partial charge in [-0.15, -0.1) is 0 Å². The summed E-state index contributed by atoms with van der Waals surface area (Å²) in [5.74, 6) is -1.89. The van der Waals surface area contributed by atoms with Gasteiger partial charge < -0.3 is 15.3 Å². The number of hydrogen-bond donors (Lipinski definition) is 2. The Morgan fingerprint density at radius 2 is 1.62 bits per heavy atom. The zero-order chi connectivity index (χ0) is 24.3. The Kier molecular flexibility index (Phi) is 7.63. The first-order chi connectivity index (χ1) is 16.2. The average Bonchev–Trinajstić information content (AvgIpc) is 2.97. The quantitative estimate of drug-likeness (QED) is 0.606. The van der Waals surface area contributed by atoms with Crippen LogP contribution in [0.5, 0.6) is 0 Å². The van der Waals surface area contributed by atoms with Crippen molar-refractivity contribution in [3.8, 4) is 0 Å². The number of benzene rings is 2. The summed E-state index contributed by atoms with van der Waals surface area (Å²) in [6, 6.07) is 10.2. The van der Waals surface area contributed by atoms with Gasteiger partial charge in [-0.1, -0.05) is 19.1 Å². The van der Waals surface area contributed by atoms with Crippen molar-refractivity contribution in [2.75, 3.05) is 13.1 Å². The second-order valence-corrected chi connectivity index (χ2v) is 9.92. The third-order valence-electron chi connectivity index (χ3n) is 7.76. The maximum absolute atomic E-state index is 13.4. The molecular formula is C27H33F3N2O2. The Labute approximate surface area is 199 Å². The maximum atomic E-state index is 13.4. The summed E-state index contributed by atoms with van der Waals surface area (Å²) in [6.45, 7) is 3.74. The Hall–Kier alpha value is -2.38. The number of rotatable bonds is 5. The molecule has 2 aromatic carbocycles. The van der Waals surface area contributed by atoms with E-state index in [-0.39, 0.29) is 18.3 Å². The van der Waals surface area contributed by atoms with E-state index in [0.29, 0.717) is 30.4 Å². The maximum Gasteiger partial charge on any atom is 0.252 e. The van der Waals surface area contributed by atoms with Gasteiger partial charge in [0.2, 0.25) is 0 Å². The smallest absolute Gasteiger partial charge is 0.252 e. The van der Waals surface area contributed by atoms with Crippen molar-refractivity contribution in [3.05, 3.63) is 71.0 Å². The molecule has 0 bridgehead atoms. The lowest BCUT2D eigenvalue weighted by atomic mass is 9.83. The van der Waals surface area contributed by atoms with Crippen LogP contribution >= 0.6 is 0 Å². The minimum absolute atomic E-state index is 0.0388. The van der Waals surface area contributed by atoms with E-state index in [0.717, 1.165) is 44.8 Å². The van der Waals surface area contributed by atoms with E-state index in [1.54, 1.807) is 0 Å². The van der Waals surface area contributed by atoms with Gasteiger partial charge in [-0.05, 0) is 98.8 Å². The van der Waals surface area contributed by atoms with Gasteiger partial charge in [-0.2, -0.15) is 0 Å². The fraction of sp³-hybridized carbons (Fsp3) is 0.519. The highest BCUT2D eigenvalue weighted by Gasteiger charge is 2.44. The van der Waals surface area contributed by atoms with Gasteiger partial charge in [0.15, 0.2) is 0 Å². The largest absolute Gasteiger partial charge is 0.380 e. The van der Waals surface area contributed by atoms with E-state index in [1.165, 1.54) is 29.8 Å². The lowest BCUT2D eigenvalue weighted by Gasteiger charge is -2.37. The number of likely N-dealkylation sites (tertiary alicyclic amines) is 1. The van der Waals surface area contributed by atoms with Gasteiger partial charge in [-0.3, -0.25) is 4.79 Å². The Morgan fingerprint density at radius 1 is 0.971 bits per heavy atom. The van der Waals surface area contributed by atoms with Gasteiger partial charge in [0.25, 0.3) is 5.91 Å². The van der Waals surface area contributed by atoms with Crippen LogP contribution < -0.4 is 5.32 Å². The van der Waals surface area contributed by atoms with Crippen molar-refractivity contribution in [2.45, 2.75) is 69.6 Å². The van der Waals surface area contributed by atoms with E-state index < -0.39 is 23.1 Å². The van der Waals surface area contributed by atoms with Crippen molar-refractivity contribution >= 4 is 5.91 Å². The number of nitrogens with one attached hydrogen (secondary N) is 1.